The van der Waals surface area contributed by atoms with Gasteiger partial charge in [0.2, 0.25) is 5.88 Å². The second-order valence-corrected chi connectivity index (χ2v) is 9.39. The van der Waals surface area contributed by atoms with Crippen LogP contribution in [0.4, 0.5) is 4.39 Å². The summed E-state index contributed by atoms with van der Waals surface area (Å²) in [4.78, 5) is 18.1. The van der Waals surface area contributed by atoms with E-state index in [0.717, 1.165) is 34.3 Å². The van der Waals surface area contributed by atoms with Crippen LogP contribution in [0, 0.1) is 5.82 Å². The third kappa shape index (κ3) is 4.13. The van der Waals surface area contributed by atoms with Gasteiger partial charge in [0.1, 0.15) is 21.5 Å². The zero-order valence-corrected chi connectivity index (χ0v) is 20.6. The molecule has 0 unspecified atom stereocenters. The molecule has 4 rings (SSSR count). The largest absolute Gasteiger partial charge is 0.481 e. The fourth-order valence-corrected chi connectivity index (χ4v) is 4.35. The van der Waals surface area contributed by atoms with E-state index in [2.05, 4.69) is 10.1 Å². The monoisotopic (exact) mass is 455 g/mol. The Morgan fingerprint density at radius 1 is 1.06 bits per heavy atom. The van der Waals surface area contributed by atoms with Gasteiger partial charge in [-0.15, -0.1) is 0 Å². The molecule has 0 atom stereocenters. The van der Waals surface area contributed by atoms with Crippen LogP contribution in [0.15, 0.2) is 53.5 Å². The highest BCUT2D eigenvalue weighted by molar-refractivity contribution is 6.10. The summed E-state index contributed by atoms with van der Waals surface area (Å²) in [6, 6.07) is 12.9. The van der Waals surface area contributed by atoms with Crippen molar-refractivity contribution in [1.82, 2.24) is 14.8 Å². The lowest BCUT2D eigenvalue weighted by Gasteiger charge is -2.20. The Labute approximate surface area is 200 Å². The fourth-order valence-electron chi connectivity index (χ4n) is 4.35. The molecule has 0 aliphatic carbocycles. The van der Waals surface area contributed by atoms with Gasteiger partial charge >= 0.3 is 0 Å². The number of benzene rings is 2. The van der Waals surface area contributed by atoms with E-state index in [1.807, 2.05) is 72.9 Å². The molecule has 2 aromatic carbocycles. The lowest BCUT2D eigenvalue weighted by Crippen LogP contribution is -2.24. The van der Waals surface area contributed by atoms with Crippen LogP contribution in [0.2, 0.25) is 0 Å². The Hall–Kier alpha value is -3.41. The number of hydrogen-bond acceptors (Lipinski definition) is 4. The van der Waals surface area contributed by atoms with Gasteiger partial charge in [-0.25, -0.2) is 9.37 Å². The summed E-state index contributed by atoms with van der Waals surface area (Å²) in [5.74, 6) is 0.0396. The molecule has 0 radical (unpaired) electrons. The van der Waals surface area contributed by atoms with Crippen LogP contribution in [0.25, 0.3) is 27.6 Å². The van der Waals surface area contributed by atoms with E-state index in [-0.39, 0.29) is 10.8 Å². The molecule has 0 aliphatic rings. The molecule has 2 aromatic heterocycles. The Kier molecular flexibility index (Phi) is 6.34. The third-order valence-corrected chi connectivity index (χ3v) is 6.22. The standard InChI is InChI=1S/C26H28B2FN3O2/c1-26(2,3)16-10-15-14-30-32(25(33)24(15)20(29)11-16)22-7-5-6-17(19(22)12-27)18-8-9-23(34-4)31-21(18)13-28/h5-11,14H,12-13,27-28H2,1-4H3. The summed E-state index contributed by atoms with van der Waals surface area (Å²) >= 11 is 0. The maximum atomic E-state index is 15.2. The number of nitrogens with zero attached hydrogens (tertiary/aromatic N) is 3. The molecule has 34 heavy (non-hydrogen) atoms. The molecule has 0 amide bonds. The number of halogens is 1. The molecular formula is C26H28B2FN3O2. The van der Waals surface area contributed by atoms with E-state index >= 15 is 4.39 Å². The van der Waals surface area contributed by atoms with Crippen molar-refractivity contribution in [3.8, 4) is 22.7 Å². The summed E-state index contributed by atoms with van der Waals surface area (Å²) in [6.07, 6.45) is 2.97. The molecule has 0 fully saturated rings. The zero-order chi connectivity index (χ0) is 24.6. The lowest BCUT2D eigenvalue weighted by molar-refractivity contribution is 0.397. The summed E-state index contributed by atoms with van der Waals surface area (Å²) in [5, 5.41) is 5.02. The van der Waals surface area contributed by atoms with Crippen LogP contribution in [-0.2, 0) is 18.1 Å². The molecule has 4 aromatic rings. The van der Waals surface area contributed by atoms with Gasteiger partial charge in [-0.1, -0.05) is 39.2 Å². The Morgan fingerprint density at radius 2 is 1.82 bits per heavy atom. The van der Waals surface area contributed by atoms with Crippen molar-refractivity contribution in [2.45, 2.75) is 38.8 Å². The first-order valence-electron chi connectivity index (χ1n) is 11.6. The maximum absolute atomic E-state index is 15.2. The Morgan fingerprint density at radius 3 is 2.47 bits per heavy atom. The summed E-state index contributed by atoms with van der Waals surface area (Å²) in [6.45, 7) is 6.04. The molecule has 172 valence electrons. The van der Waals surface area contributed by atoms with Crippen molar-refractivity contribution >= 4 is 26.5 Å². The molecule has 5 nitrogen and oxygen atoms in total. The number of fused-ring (bicyclic) bond motifs is 1. The van der Waals surface area contributed by atoms with Crippen molar-refractivity contribution in [2.24, 2.45) is 0 Å². The van der Waals surface area contributed by atoms with Crippen molar-refractivity contribution < 1.29 is 9.13 Å². The smallest absolute Gasteiger partial charge is 0.282 e. The minimum absolute atomic E-state index is 0.0517. The molecule has 0 saturated carbocycles. The molecule has 8 heteroatoms. The van der Waals surface area contributed by atoms with Gasteiger partial charge in [-0.3, -0.25) is 4.79 Å². The summed E-state index contributed by atoms with van der Waals surface area (Å²) in [5.41, 5.74) is 4.58. The van der Waals surface area contributed by atoms with Crippen molar-refractivity contribution in [1.29, 1.82) is 0 Å². The van der Waals surface area contributed by atoms with Crippen LogP contribution in [-0.4, -0.2) is 37.6 Å². The highest BCUT2D eigenvalue weighted by Gasteiger charge is 2.20. The summed E-state index contributed by atoms with van der Waals surface area (Å²) < 4.78 is 21.8. The van der Waals surface area contributed by atoms with Gasteiger partial charge < -0.3 is 4.74 Å². The maximum Gasteiger partial charge on any atom is 0.282 e. The first-order chi connectivity index (χ1) is 16.2. The molecule has 0 spiro atoms. The minimum Gasteiger partial charge on any atom is -0.481 e. The second-order valence-electron chi connectivity index (χ2n) is 9.39. The van der Waals surface area contributed by atoms with Gasteiger partial charge in [0, 0.05) is 22.7 Å². The van der Waals surface area contributed by atoms with Crippen molar-refractivity contribution in [2.75, 3.05) is 7.11 Å². The lowest BCUT2D eigenvalue weighted by atomic mass is 9.85. The zero-order valence-electron chi connectivity index (χ0n) is 20.6. The van der Waals surface area contributed by atoms with Gasteiger partial charge in [-0.2, -0.15) is 9.78 Å². The van der Waals surface area contributed by atoms with Gasteiger partial charge in [0.05, 0.1) is 24.4 Å². The number of hydrogen-bond donors (Lipinski definition) is 0. The quantitative estimate of drug-likeness (QED) is 0.434. The highest BCUT2D eigenvalue weighted by atomic mass is 19.1. The van der Waals surface area contributed by atoms with Gasteiger partial charge in [-0.05, 0) is 52.7 Å². The highest BCUT2D eigenvalue weighted by Crippen LogP contribution is 2.32. The molecule has 0 aliphatic heterocycles. The van der Waals surface area contributed by atoms with Gasteiger partial charge in [0.25, 0.3) is 5.56 Å². The first-order valence-corrected chi connectivity index (χ1v) is 11.6. The van der Waals surface area contributed by atoms with Crippen LogP contribution in [0.1, 0.15) is 37.6 Å². The Balaban J connectivity index is 1.95. The summed E-state index contributed by atoms with van der Waals surface area (Å²) in [7, 11) is 5.68. The third-order valence-electron chi connectivity index (χ3n) is 6.22. The minimum atomic E-state index is -0.523. The average Bonchev–Trinajstić information content (AvgIpc) is 2.82. The van der Waals surface area contributed by atoms with Crippen LogP contribution in [0.3, 0.4) is 0 Å². The Bertz CT molecular complexity index is 1440. The fraction of sp³-hybridized carbons (Fsp3) is 0.269. The van der Waals surface area contributed by atoms with E-state index < -0.39 is 11.4 Å². The number of aromatic nitrogens is 3. The van der Waals surface area contributed by atoms with Crippen molar-refractivity contribution in [3.63, 3.8) is 0 Å². The van der Waals surface area contributed by atoms with E-state index in [4.69, 9.17) is 4.74 Å². The van der Waals surface area contributed by atoms with Crippen molar-refractivity contribution in [3.05, 3.63) is 81.7 Å². The normalized spacial score (nSPS) is 11.7. The average molecular weight is 455 g/mol. The number of methoxy groups -OCH3 is 1. The van der Waals surface area contributed by atoms with E-state index in [1.165, 1.54) is 10.7 Å². The molecule has 0 bridgehead atoms. The number of rotatable bonds is 5. The predicted molar refractivity (Wildman–Crippen MR) is 140 cm³/mol. The molecular weight excluding hydrogens is 427 g/mol. The first kappa shape index (κ1) is 23.7. The van der Waals surface area contributed by atoms with E-state index in [9.17, 15) is 4.79 Å². The van der Waals surface area contributed by atoms with Gasteiger partial charge in [0.15, 0.2) is 0 Å². The molecule has 2 heterocycles. The SMILES string of the molecule is BCc1nc(OC)ccc1-c1cccc(-n2ncc3cc(C(C)(C)C)cc(F)c3c2=O)c1CB. The second kappa shape index (κ2) is 9.09. The number of pyridine rings is 1. The molecule has 0 N–H and O–H groups in total. The van der Waals surface area contributed by atoms with Crippen LogP contribution >= 0.6 is 0 Å². The molecule has 0 saturated heterocycles. The topological polar surface area (TPSA) is 57.0 Å². The number of ether oxygens (including phenoxy) is 1. The predicted octanol–water partition coefficient (Wildman–Crippen LogP) is 3.16. The van der Waals surface area contributed by atoms with E-state index in [0.29, 0.717) is 23.3 Å². The van der Waals surface area contributed by atoms with Crippen LogP contribution in [0.5, 0.6) is 5.88 Å². The van der Waals surface area contributed by atoms with E-state index in [1.54, 1.807) is 13.3 Å². The van der Waals surface area contributed by atoms with Crippen LogP contribution < -0.4 is 10.3 Å².